The highest BCUT2D eigenvalue weighted by molar-refractivity contribution is 5.92. The number of para-hydroxylation sites is 1. The van der Waals surface area contributed by atoms with Gasteiger partial charge in [-0.15, -0.1) is 0 Å². The van der Waals surface area contributed by atoms with Crippen LogP contribution < -0.4 is 4.74 Å². The summed E-state index contributed by atoms with van der Waals surface area (Å²) in [4.78, 5) is 25.4. The average molecular weight is 317 g/mol. The molecule has 1 amide bonds. The van der Waals surface area contributed by atoms with E-state index in [1.54, 1.807) is 21.1 Å². The molecule has 0 radical (unpaired) electrons. The van der Waals surface area contributed by atoms with E-state index in [2.05, 4.69) is 0 Å². The number of aryl methyl sites for hydroxylation is 1. The molecule has 0 unspecified atom stereocenters. The second-order valence-corrected chi connectivity index (χ2v) is 5.03. The van der Waals surface area contributed by atoms with Crippen molar-refractivity contribution in [3.05, 3.63) is 53.5 Å². The Balaban J connectivity index is 1.90. The second kappa shape index (κ2) is 7.49. The van der Waals surface area contributed by atoms with E-state index in [-0.39, 0.29) is 12.5 Å². The summed E-state index contributed by atoms with van der Waals surface area (Å²) in [7, 11) is 3.22. The van der Waals surface area contributed by atoms with Gasteiger partial charge in [-0.3, -0.25) is 4.79 Å². The van der Waals surface area contributed by atoms with Crippen molar-refractivity contribution in [2.75, 3.05) is 20.8 Å². The smallest absolute Gasteiger partial charge is 0.342 e. The molecule has 2 rings (SSSR count). The van der Waals surface area contributed by atoms with Crippen LogP contribution in [0.15, 0.2) is 41.0 Å². The Labute approximate surface area is 134 Å². The van der Waals surface area contributed by atoms with Crippen molar-refractivity contribution in [1.29, 1.82) is 0 Å². The fraction of sp³-hybridized carbons (Fsp3) is 0.294. The van der Waals surface area contributed by atoms with Crippen LogP contribution in [0.1, 0.15) is 21.7 Å². The highest BCUT2D eigenvalue weighted by Gasteiger charge is 2.17. The fourth-order valence-electron chi connectivity index (χ4n) is 2.09. The number of furan rings is 1. The number of rotatable bonds is 6. The minimum atomic E-state index is -0.574. The van der Waals surface area contributed by atoms with Crippen LogP contribution in [-0.2, 0) is 16.1 Å². The summed E-state index contributed by atoms with van der Waals surface area (Å²) >= 11 is 0. The van der Waals surface area contributed by atoms with Crippen molar-refractivity contribution >= 4 is 11.9 Å². The Morgan fingerprint density at radius 2 is 1.96 bits per heavy atom. The number of methoxy groups -OCH3 is 1. The minimum Gasteiger partial charge on any atom is -0.496 e. The lowest BCUT2D eigenvalue weighted by Crippen LogP contribution is -2.31. The molecule has 122 valence electrons. The van der Waals surface area contributed by atoms with Crippen molar-refractivity contribution in [3.63, 3.8) is 0 Å². The Kier molecular flexibility index (Phi) is 5.41. The van der Waals surface area contributed by atoms with Gasteiger partial charge in [-0.2, -0.15) is 0 Å². The van der Waals surface area contributed by atoms with Gasteiger partial charge in [-0.05, 0) is 19.1 Å². The summed E-state index contributed by atoms with van der Waals surface area (Å²) in [5, 5.41) is 0. The predicted molar refractivity (Wildman–Crippen MR) is 83.2 cm³/mol. The quantitative estimate of drug-likeness (QED) is 0.765. The maximum atomic E-state index is 12.1. The molecule has 23 heavy (non-hydrogen) atoms. The molecule has 0 N–H and O–H groups in total. The van der Waals surface area contributed by atoms with Crippen LogP contribution in [0.4, 0.5) is 0 Å². The number of esters is 1. The molecule has 0 bridgehead atoms. The molecule has 0 aliphatic heterocycles. The number of hydrogen-bond acceptors (Lipinski definition) is 5. The first kappa shape index (κ1) is 16.6. The van der Waals surface area contributed by atoms with Gasteiger partial charge < -0.3 is 18.8 Å². The van der Waals surface area contributed by atoms with Gasteiger partial charge >= 0.3 is 5.97 Å². The maximum absolute atomic E-state index is 12.1. The molecule has 0 saturated carbocycles. The fourth-order valence-corrected chi connectivity index (χ4v) is 2.09. The lowest BCUT2D eigenvalue weighted by Gasteiger charge is -2.18. The van der Waals surface area contributed by atoms with Crippen LogP contribution in [0.2, 0.25) is 0 Å². The highest BCUT2D eigenvalue weighted by Crippen LogP contribution is 2.18. The van der Waals surface area contributed by atoms with Gasteiger partial charge in [0, 0.05) is 19.2 Å². The standard InChI is InChI=1S/C17H19NO5/c1-12-14(8-9-22-12)17(20)23-11-16(19)18(2)10-13-6-4-5-7-15(13)21-3/h4-9H,10-11H2,1-3H3. The molecule has 1 heterocycles. The van der Waals surface area contributed by atoms with Crippen LogP contribution in [-0.4, -0.2) is 37.5 Å². The second-order valence-electron chi connectivity index (χ2n) is 5.03. The molecular formula is C17H19NO5. The van der Waals surface area contributed by atoms with E-state index in [9.17, 15) is 9.59 Å². The first-order valence-corrected chi connectivity index (χ1v) is 7.10. The van der Waals surface area contributed by atoms with Crippen LogP contribution >= 0.6 is 0 Å². The van der Waals surface area contributed by atoms with Crippen LogP contribution in [0.5, 0.6) is 5.75 Å². The Morgan fingerprint density at radius 3 is 2.61 bits per heavy atom. The van der Waals surface area contributed by atoms with Gasteiger partial charge in [0.25, 0.3) is 5.91 Å². The van der Waals surface area contributed by atoms with Crippen LogP contribution in [0, 0.1) is 6.92 Å². The van der Waals surface area contributed by atoms with E-state index in [1.165, 1.54) is 17.2 Å². The SMILES string of the molecule is COc1ccccc1CN(C)C(=O)COC(=O)c1ccoc1C. The summed E-state index contributed by atoms with van der Waals surface area (Å²) in [5.41, 5.74) is 1.20. The number of benzene rings is 1. The van der Waals surface area contributed by atoms with Gasteiger partial charge in [-0.1, -0.05) is 18.2 Å². The van der Waals surface area contributed by atoms with Crippen molar-refractivity contribution in [3.8, 4) is 5.75 Å². The van der Waals surface area contributed by atoms with E-state index in [1.807, 2.05) is 24.3 Å². The lowest BCUT2D eigenvalue weighted by atomic mass is 10.2. The zero-order chi connectivity index (χ0) is 16.8. The summed E-state index contributed by atoms with van der Waals surface area (Å²) in [6, 6.07) is 8.95. The van der Waals surface area contributed by atoms with Crippen molar-refractivity contribution in [1.82, 2.24) is 4.90 Å². The zero-order valence-electron chi connectivity index (χ0n) is 13.4. The Bertz CT molecular complexity index is 692. The molecule has 2 aromatic rings. The molecule has 6 nitrogen and oxygen atoms in total. The van der Waals surface area contributed by atoms with Gasteiger partial charge in [0.15, 0.2) is 6.61 Å². The van der Waals surface area contributed by atoms with E-state index in [0.717, 1.165) is 5.56 Å². The first-order chi connectivity index (χ1) is 11.0. The zero-order valence-corrected chi connectivity index (χ0v) is 13.4. The molecular weight excluding hydrogens is 298 g/mol. The summed E-state index contributed by atoms with van der Waals surface area (Å²) in [6.07, 6.45) is 1.40. The topological polar surface area (TPSA) is 69.0 Å². The maximum Gasteiger partial charge on any atom is 0.342 e. The number of likely N-dealkylation sites (N-methyl/N-ethyl adjacent to an activating group) is 1. The number of amides is 1. The first-order valence-electron chi connectivity index (χ1n) is 7.10. The van der Waals surface area contributed by atoms with Crippen molar-refractivity contribution in [2.45, 2.75) is 13.5 Å². The number of carbonyl (C=O) groups is 2. The molecule has 0 fully saturated rings. The third-order valence-corrected chi connectivity index (χ3v) is 3.43. The molecule has 0 saturated heterocycles. The number of nitrogens with zero attached hydrogens (tertiary/aromatic N) is 1. The number of carbonyl (C=O) groups excluding carboxylic acids is 2. The van der Waals surface area contributed by atoms with E-state index < -0.39 is 5.97 Å². The van der Waals surface area contributed by atoms with Crippen molar-refractivity contribution in [2.24, 2.45) is 0 Å². The van der Waals surface area contributed by atoms with Gasteiger partial charge in [0.05, 0.1) is 13.4 Å². The number of ether oxygens (including phenoxy) is 2. The van der Waals surface area contributed by atoms with E-state index >= 15 is 0 Å². The molecule has 6 heteroatoms. The van der Waals surface area contributed by atoms with Gasteiger partial charge in [-0.25, -0.2) is 4.79 Å². The third-order valence-electron chi connectivity index (χ3n) is 3.43. The summed E-state index contributed by atoms with van der Waals surface area (Å²) < 4.78 is 15.3. The van der Waals surface area contributed by atoms with Gasteiger partial charge in [0.1, 0.15) is 17.1 Å². The number of hydrogen-bond donors (Lipinski definition) is 0. The summed E-state index contributed by atoms with van der Waals surface area (Å²) in [5.74, 6) is 0.295. The van der Waals surface area contributed by atoms with Crippen LogP contribution in [0.3, 0.4) is 0 Å². The van der Waals surface area contributed by atoms with Crippen LogP contribution in [0.25, 0.3) is 0 Å². The lowest BCUT2D eigenvalue weighted by molar-refractivity contribution is -0.133. The van der Waals surface area contributed by atoms with E-state index in [0.29, 0.717) is 23.6 Å². The third kappa shape index (κ3) is 4.12. The monoisotopic (exact) mass is 317 g/mol. The predicted octanol–water partition coefficient (Wildman–Crippen LogP) is 2.41. The summed E-state index contributed by atoms with van der Waals surface area (Å²) in [6.45, 7) is 1.70. The highest BCUT2D eigenvalue weighted by atomic mass is 16.5. The average Bonchev–Trinajstić information content (AvgIpc) is 2.98. The molecule has 0 aliphatic carbocycles. The molecule has 0 atom stereocenters. The molecule has 0 aliphatic rings. The Hall–Kier alpha value is -2.76. The Morgan fingerprint density at radius 1 is 1.22 bits per heavy atom. The largest absolute Gasteiger partial charge is 0.496 e. The normalized spacial score (nSPS) is 10.2. The molecule has 0 spiro atoms. The minimum absolute atomic E-state index is 0.301. The van der Waals surface area contributed by atoms with Gasteiger partial charge in [0.2, 0.25) is 0 Å². The molecule has 1 aromatic carbocycles. The molecule has 1 aromatic heterocycles. The van der Waals surface area contributed by atoms with Crippen molar-refractivity contribution < 1.29 is 23.5 Å². The van der Waals surface area contributed by atoms with E-state index in [4.69, 9.17) is 13.9 Å².